The molecule has 2 atom stereocenters. The summed E-state index contributed by atoms with van der Waals surface area (Å²) in [5.41, 5.74) is 1.46. The molecule has 1 aromatic carbocycles. The van der Waals surface area contributed by atoms with Gasteiger partial charge in [0.1, 0.15) is 0 Å². The lowest BCUT2D eigenvalue weighted by Gasteiger charge is -2.22. The van der Waals surface area contributed by atoms with Crippen molar-refractivity contribution < 1.29 is 0 Å². The predicted molar refractivity (Wildman–Crippen MR) is 83.3 cm³/mol. The molecule has 0 spiro atoms. The van der Waals surface area contributed by atoms with Crippen LogP contribution in [0.25, 0.3) is 0 Å². The van der Waals surface area contributed by atoms with E-state index in [1.165, 1.54) is 10.5 Å². The molecule has 0 heterocycles. The van der Waals surface area contributed by atoms with Crippen LogP contribution in [-0.2, 0) is 0 Å². The summed E-state index contributed by atoms with van der Waals surface area (Å²) < 4.78 is 0. The van der Waals surface area contributed by atoms with E-state index < -0.39 is 0 Å². The molecule has 0 amide bonds. The summed E-state index contributed by atoms with van der Waals surface area (Å²) in [6.07, 6.45) is 1.14. The largest absolute Gasteiger partial charge is 0.310 e. The Labute approximate surface area is 117 Å². The van der Waals surface area contributed by atoms with Gasteiger partial charge in [-0.3, -0.25) is 0 Å². The zero-order valence-electron chi connectivity index (χ0n) is 12.4. The Morgan fingerprint density at radius 3 is 2.33 bits per heavy atom. The van der Waals surface area contributed by atoms with E-state index in [0.29, 0.717) is 17.2 Å². The number of hydrogen-bond donors (Lipinski definition) is 1. The Morgan fingerprint density at radius 1 is 1.11 bits per heavy atom. The highest BCUT2D eigenvalue weighted by Gasteiger charge is 2.15. The van der Waals surface area contributed by atoms with Crippen molar-refractivity contribution in [2.75, 3.05) is 6.54 Å². The second-order valence-corrected chi connectivity index (χ2v) is 6.54. The van der Waals surface area contributed by atoms with Gasteiger partial charge in [0.15, 0.2) is 0 Å². The third-order valence-corrected chi connectivity index (χ3v) is 4.95. The van der Waals surface area contributed by atoms with Crippen LogP contribution in [0.2, 0.25) is 0 Å². The van der Waals surface area contributed by atoms with E-state index >= 15 is 0 Å². The average Bonchev–Trinajstić information content (AvgIpc) is 2.36. The highest BCUT2D eigenvalue weighted by molar-refractivity contribution is 8.00. The van der Waals surface area contributed by atoms with E-state index in [-0.39, 0.29) is 0 Å². The van der Waals surface area contributed by atoms with Crippen molar-refractivity contribution >= 4 is 11.8 Å². The normalized spacial score (nSPS) is 14.8. The summed E-state index contributed by atoms with van der Waals surface area (Å²) in [6.45, 7) is 12.4. The van der Waals surface area contributed by atoms with Gasteiger partial charge in [0.05, 0.1) is 0 Å². The van der Waals surface area contributed by atoms with Gasteiger partial charge in [0, 0.05) is 16.2 Å². The maximum atomic E-state index is 3.58. The number of benzene rings is 1. The Kier molecular flexibility index (Phi) is 6.80. The fraction of sp³-hybridized carbons (Fsp3) is 0.625. The number of thioether (sulfide) groups is 1. The summed E-state index contributed by atoms with van der Waals surface area (Å²) in [5.74, 6) is 0.710. The first kappa shape index (κ1) is 15.6. The van der Waals surface area contributed by atoms with E-state index in [9.17, 15) is 0 Å². The summed E-state index contributed by atoms with van der Waals surface area (Å²) >= 11 is 2.01. The highest BCUT2D eigenvalue weighted by Crippen LogP contribution is 2.34. The Bertz CT molecular complexity index is 349. The molecule has 1 rings (SSSR count). The van der Waals surface area contributed by atoms with Gasteiger partial charge < -0.3 is 5.32 Å². The van der Waals surface area contributed by atoms with Crippen molar-refractivity contribution in [2.24, 2.45) is 5.92 Å². The molecule has 0 aromatic heterocycles. The lowest BCUT2D eigenvalue weighted by atomic mass is 10.0. The minimum absolute atomic E-state index is 0.484. The first-order valence-corrected chi connectivity index (χ1v) is 7.97. The van der Waals surface area contributed by atoms with Gasteiger partial charge in [-0.1, -0.05) is 52.8 Å². The molecule has 18 heavy (non-hydrogen) atoms. The van der Waals surface area contributed by atoms with Crippen LogP contribution in [-0.4, -0.2) is 11.8 Å². The van der Waals surface area contributed by atoms with Gasteiger partial charge in [0.25, 0.3) is 0 Å². The van der Waals surface area contributed by atoms with Crippen molar-refractivity contribution in [2.45, 2.75) is 57.2 Å². The highest BCUT2D eigenvalue weighted by atomic mass is 32.2. The van der Waals surface area contributed by atoms with Gasteiger partial charge in [-0.2, -0.15) is 0 Å². The molecule has 1 N–H and O–H groups in total. The number of hydrogen-bond acceptors (Lipinski definition) is 2. The zero-order valence-corrected chi connectivity index (χ0v) is 13.2. The number of rotatable bonds is 7. The lowest BCUT2D eigenvalue weighted by Crippen LogP contribution is -2.21. The smallest absolute Gasteiger partial charge is 0.0328 e. The zero-order chi connectivity index (χ0) is 13.5. The topological polar surface area (TPSA) is 12.0 Å². The Balaban J connectivity index is 2.90. The van der Waals surface area contributed by atoms with Crippen LogP contribution >= 0.6 is 11.8 Å². The van der Waals surface area contributed by atoms with E-state index in [4.69, 9.17) is 0 Å². The molecule has 2 unspecified atom stereocenters. The van der Waals surface area contributed by atoms with Crippen LogP contribution in [0.15, 0.2) is 29.2 Å². The fourth-order valence-corrected chi connectivity index (χ4v) is 3.11. The molecule has 0 aliphatic heterocycles. The molecular formula is C16H27NS. The molecule has 0 aliphatic rings. The molecule has 0 aliphatic carbocycles. The molecule has 0 radical (unpaired) electrons. The Morgan fingerprint density at radius 2 is 1.78 bits per heavy atom. The standard InChI is InChI=1S/C16H27NS/c1-6-15(17-7-2)14-10-8-9-11-16(14)18-13(5)12(3)4/h8-13,15,17H,6-7H2,1-5H3. The molecular weight excluding hydrogens is 238 g/mol. The van der Waals surface area contributed by atoms with Crippen molar-refractivity contribution in [3.05, 3.63) is 29.8 Å². The van der Waals surface area contributed by atoms with E-state index in [1.54, 1.807) is 0 Å². The quantitative estimate of drug-likeness (QED) is 0.705. The maximum Gasteiger partial charge on any atom is 0.0328 e. The minimum Gasteiger partial charge on any atom is -0.310 e. The predicted octanol–water partition coefficient (Wildman–Crippen LogP) is 4.88. The molecule has 1 aromatic rings. The van der Waals surface area contributed by atoms with Crippen LogP contribution in [0.5, 0.6) is 0 Å². The van der Waals surface area contributed by atoms with Crippen LogP contribution in [0, 0.1) is 5.92 Å². The van der Waals surface area contributed by atoms with E-state index in [2.05, 4.69) is 64.2 Å². The lowest BCUT2D eigenvalue weighted by molar-refractivity contribution is 0.530. The van der Waals surface area contributed by atoms with E-state index in [0.717, 1.165) is 13.0 Å². The third kappa shape index (κ3) is 4.33. The Hall–Kier alpha value is -0.470. The minimum atomic E-state index is 0.484. The summed E-state index contributed by atoms with van der Waals surface area (Å²) in [4.78, 5) is 1.44. The van der Waals surface area contributed by atoms with Crippen LogP contribution < -0.4 is 5.32 Å². The second-order valence-electron chi connectivity index (χ2n) is 5.12. The molecule has 102 valence electrons. The summed E-state index contributed by atoms with van der Waals surface area (Å²) in [6, 6.07) is 9.32. The van der Waals surface area contributed by atoms with Crippen molar-refractivity contribution in [1.29, 1.82) is 0 Å². The molecule has 2 heteroatoms. The van der Waals surface area contributed by atoms with E-state index in [1.807, 2.05) is 11.8 Å². The van der Waals surface area contributed by atoms with Crippen LogP contribution in [0.3, 0.4) is 0 Å². The summed E-state index contributed by atoms with van der Waals surface area (Å²) in [7, 11) is 0. The fourth-order valence-electron chi connectivity index (χ4n) is 1.93. The SMILES string of the molecule is CCNC(CC)c1ccccc1SC(C)C(C)C. The van der Waals surface area contributed by atoms with Gasteiger partial charge >= 0.3 is 0 Å². The molecule has 1 nitrogen and oxygen atoms in total. The summed E-state index contributed by atoms with van der Waals surface area (Å²) in [5, 5.41) is 4.24. The first-order chi connectivity index (χ1) is 8.60. The van der Waals surface area contributed by atoms with Crippen molar-refractivity contribution in [3.8, 4) is 0 Å². The molecule has 0 saturated carbocycles. The first-order valence-electron chi connectivity index (χ1n) is 7.09. The van der Waals surface area contributed by atoms with Crippen LogP contribution in [0.4, 0.5) is 0 Å². The monoisotopic (exact) mass is 265 g/mol. The van der Waals surface area contributed by atoms with Crippen molar-refractivity contribution in [1.82, 2.24) is 5.32 Å². The second kappa shape index (κ2) is 7.85. The van der Waals surface area contributed by atoms with Crippen molar-refractivity contribution in [3.63, 3.8) is 0 Å². The van der Waals surface area contributed by atoms with Gasteiger partial charge in [-0.15, -0.1) is 11.8 Å². The number of nitrogens with one attached hydrogen (secondary N) is 1. The average molecular weight is 265 g/mol. The van der Waals surface area contributed by atoms with Crippen LogP contribution in [0.1, 0.15) is 52.6 Å². The molecule has 0 saturated heterocycles. The maximum absolute atomic E-state index is 3.58. The van der Waals surface area contributed by atoms with Gasteiger partial charge in [0.2, 0.25) is 0 Å². The van der Waals surface area contributed by atoms with Gasteiger partial charge in [-0.05, 0) is 30.5 Å². The molecule has 0 bridgehead atoms. The molecule has 0 fully saturated rings. The van der Waals surface area contributed by atoms with Gasteiger partial charge in [-0.25, -0.2) is 0 Å². The third-order valence-electron chi connectivity index (χ3n) is 3.40.